The van der Waals surface area contributed by atoms with E-state index >= 15 is 0 Å². The van der Waals surface area contributed by atoms with Crippen molar-refractivity contribution < 1.29 is 4.79 Å². The first-order valence-corrected chi connectivity index (χ1v) is 7.77. The lowest BCUT2D eigenvalue weighted by Crippen LogP contribution is -2.38. The molecule has 1 saturated carbocycles. The molecule has 0 aliphatic heterocycles. The molecule has 3 nitrogen and oxygen atoms in total. The molecule has 1 amide bonds. The number of hydrogen-bond donors (Lipinski definition) is 2. The molecule has 0 aromatic rings. The van der Waals surface area contributed by atoms with Crippen molar-refractivity contribution >= 4 is 17.7 Å². The summed E-state index contributed by atoms with van der Waals surface area (Å²) in [6, 6.07) is 0.420. The van der Waals surface area contributed by atoms with E-state index in [-0.39, 0.29) is 5.91 Å². The van der Waals surface area contributed by atoms with E-state index in [9.17, 15) is 4.79 Å². The maximum absolute atomic E-state index is 11.7. The first-order chi connectivity index (χ1) is 8.11. The summed E-state index contributed by atoms with van der Waals surface area (Å²) in [7, 11) is 0. The molecule has 0 aromatic heterocycles. The minimum Gasteiger partial charge on any atom is -0.353 e. The fourth-order valence-electron chi connectivity index (χ4n) is 2.21. The molecule has 0 spiro atoms. The minimum atomic E-state index is 0.193. The highest BCUT2D eigenvalue weighted by Gasteiger charge is 2.19. The third kappa shape index (κ3) is 6.32. The van der Waals surface area contributed by atoms with Crippen LogP contribution in [-0.4, -0.2) is 29.5 Å². The average Bonchev–Trinajstić information content (AvgIpc) is 2.30. The summed E-state index contributed by atoms with van der Waals surface area (Å²) in [4.78, 5) is 11.7. The molecule has 0 heterocycles. The Morgan fingerprint density at radius 3 is 2.65 bits per heavy atom. The summed E-state index contributed by atoms with van der Waals surface area (Å²) in [5.74, 6) is 1.60. The lowest BCUT2D eigenvalue weighted by molar-refractivity contribution is -0.119. The normalized spacial score (nSPS) is 26.5. The van der Waals surface area contributed by atoms with E-state index in [2.05, 4.69) is 19.2 Å². The molecule has 100 valence electrons. The van der Waals surface area contributed by atoms with Gasteiger partial charge in [-0.15, -0.1) is 11.8 Å². The van der Waals surface area contributed by atoms with E-state index in [1.165, 1.54) is 12.8 Å². The first kappa shape index (κ1) is 14.8. The lowest BCUT2D eigenvalue weighted by Gasteiger charge is -2.27. The van der Waals surface area contributed by atoms with Crippen LogP contribution >= 0.6 is 11.8 Å². The van der Waals surface area contributed by atoms with Crippen LogP contribution in [0.5, 0.6) is 0 Å². The van der Waals surface area contributed by atoms with E-state index in [1.807, 2.05) is 0 Å². The molecular weight excluding hydrogens is 232 g/mol. The fourth-order valence-corrected chi connectivity index (χ4v) is 3.03. The van der Waals surface area contributed by atoms with Crippen molar-refractivity contribution in [2.45, 2.75) is 57.2 Å². The molecule has 0 radical (unpaired) electrons. The van der Waals surface area contributed by atoms with Crippen LogP contribution in [-0.2, 0) is 4.79 Å². The van der Waals surface area contributed by atoms with Gasteiger partial charge in [0.2, 0.25) is 5.91 Å². The summed E-state index contributed by atoms with van der Waals surface area (Å²) < 4.78 is 0. The topological polar surface area (TPSA) is 55.1 Å². The number of nitrogens with one attached hydrogen (secondary N) is 1. The largest absolute Gasteiger partial charge is 0.353 e. The van der Waals surface area contributed by atoms with E-state index < -0.39 is 0 Å². The maximum Gasteiger partial charge on any atom is 0.230 e. The Morgan fingerprint density at radius 2 is 2.06 bits per heavy atom. The zero-order valence-electron chi connectivity index (χ0n) is 11.1. The molecule has 1 fully saturated rings. The Hall–Kier alpha value is -0.220. The number of nitrogens with two attached hydrogens (primary N) is 1. The Bertz CT molecular complexity index is 227. The molecular formula is C13H26N2OS. The van der Waals surface area contributed by atoms with Gasteiger partial charge in [-0.2, -0.15) is 0 Å². The summed E-state index contributed by atoms with van der Waals surface area (Å²) >= 11 is 1.71. The predicted molar refractivity (Wildman–Crippen MR) is 75.2 cm³/mol. The average molecular weight is 258 g/mol. The van der Waals surface area contributed by atoms with Crippen molar-refractivity contribution in [2.75, 3.05) is 12.3 Å². The Morgan fingerprint density at radius 1 is 1.41 bits per heavy atom. The van der Waals surface area contributed by atoms with Crippen LogP contribution in [0.4, 0.5) is 0 Å². The molecule has 3 N–H and O–H groups in total. The van der Waals surface area contributed by atoms with Crippen LogP contribution < -0.4 is 11.1 Å². The zero-order valence-corrected chi connectivity index (χ0v) is 11.9. The number of carbonyl (C=O) groups excluding carboxylic acids is 1. The van der Waals surface area contributed by atoms with Gasteiger partial charge in [-0.3, -0.25) is 4.79 Å². The van der Waals surface area contributed by atoms with Crippen molar-refractivity contribution in [1.29, 1.82) is 0 Å². The highest BCUT2D eigenvalue weighted by atomic mass is 32.2. The first-order valence-electron chi connectivity index (χ1n) is 6.72. The SMILES string of the molecule is CC1CCC(NC(=O)CSC(C)CCN)CC1. The monoisotopic (exact) mass is 258 g/mol. The minimum absolute atomic E-state index is 0.193. The van der Waals surface area contributed by atoms with E-state index in [0.717, 1.165) is 25.2 Å². The summed E-state index contributed by atoms with van der Waals surface area (Å²) in [5, 5.41) is 3.63. The smallest absolute Gasteiger partial charge is 0.230 e. The molecule has 1 aliphatic rings. The van der Waals surface area contributed by atoms with Crippen LogP contribution in [0.2, 0.25) is 0 Å². The quantitative estimate of drug-likeness (QED) is 0.767. The van der Waals surface area contributed by atoms with Crippen molar-refractivity contribution in [3.05, 3.63) is 0 Å². The van der Waals surface area contributed by atoms with Gasteiger partial charge in [-0.25, -0.2) is 0 Å². The Balaban J connectivity index is 2.12. The molecule has 0 aromatic carbocycles. The van der Waals surface area contributed by atoms with Gasteiger partial charge in [0.05, 0.1) is 5.75 Å². The zero-order chi connectivity index (χ0) is 12.7. The van der Waals surface area contributed by atoms with E-state index in [4.69, 9.17) is 5.73 Å². The fraction of sp³-hybridized carbons (Fsp3) is 0.923. The Labute approximate surface area is 109 Å². The molecule has 0 saturated heterocycles. The van der Waals surface area contributed by atoms with Crippen LogP contribution in [0.15, 0.2) is 0 Å². The van der Waals surface area contributed by atoms with Crippen LogP contribution in [0.3, 0.4) is 0 Å². The number of thioether (sulfide) groups is 1. The van der Waals surface area contributed by atoms with Crippen molar-refractivity contribution in [1.82, 2.24) is 5.32 Å². The molecule has 1 rings (SSSR count). The van der Waals surface area contributed by atoms with E-state index in [1.54, 1.807) is 11.8 Å². The molecule has 17 heavy (non-hydrogen) atoms. The molecule has 4 heteroatoms. The highest BCUT2D eigenvalue weighted by Crippen LogP contribution is 2.23. The highest BCUT2D eigenvalue weighted by molar-refractivity contribution is 8.00. The van der Waals surface area contributed by atoms with Gasteiger partial charge < -0.3 is 11.1 Å². The second-order valence-corrected chi connectivity index (χ2v) is 6.65. The standard InChI is InChI=1S/C13H26N2OS/c1-10-3-5-12(6-4-10)15-13(16)9-17-11(2)7-8-14/h10-12H,3-9,14H2,1-2H3,(H,15,16). The van der Waals surface area contributed by atoms with Gasteiger partial charge in [-0.1, -0.05) is 13.8 Å². The van der Waals surface area contributed by atoms with Crippen LogP contribution in [0.25, 0.3) is 0 Å². The van der Waals surface area contributed by atoms with Gasteiger partial charge >= 0.3 is 0 Å². The van der Waals surface area contributed by atoms with Gasteiger partial charge in [-0.05, 0) is 44.6 Å². The van der Waals surface area contributed by atoms with Crippen molar-refractivity contribution in [2.24, 2.45) is 11.7 Å². The lowest BCUT2D eigenvalue weighted by atomic mass is 9.87. The van der Waals surface area contributed by atoms with Crippen molar-refractivity contribution in [3.63, 3.8) is 0 Å². The maximum atomic E-state index is 11.7. The van der Waals surface area contributed by atoms with Gasteiger partial charge in [0.1, 0.15) is 0 Å². The molecule has 1 unspecified atom stereocenters. The van der Waals surface area contributed by atoms with Gasteiger partial charge in [0.15, 0.2) is 0 Å². The molecule has 1 aliphatic carbocycles. The second-order valence-electron chi connectivity index (χ2n) is 5.22. The number of rotatable bonds is 6. The van der Waals surface area contributed by atoms with Gasteiger partial charge in [0.25, 0.3) is 0 Å². The summed E-state index contributed by atoms with van der Waals surface area (Å²) in [6.45, 7) is 5.13. The number of hydrogen-bond acceptors (Lipinski definition) is 3. The predicted octanol–water partition coefficient (Wildman–Crippen LogP) is 2.15. The summed E-state index contributed by atoms with van der Waals surface area (Å²) in [6.07, 6.45) is 5.79. The molecule has 0 bridgehead atoms. The molecule has 1 atom stereocenters. The third-order valence-electron chi connectivity index (χ3n) is 3.45. The van der Waals surface area contributed by atoms with Crippen molar-refractivity contribution in [3.8, 4) is 0 Å². The number of amides is 1. The van der Waals surface area contributed by atoms with Crippen LogP contribution in [0, 0.1) is 5.92 Å². The van der Waals surface area contributed by atoms with Crippen LogP contribution in [0.1, 0.15) is 46.0 Å². The second kappa shape index (κ2) is 7.98. The van der Waals surface area contributed by atoms with Gasteiger partial charge in [0, 0.05) is 11.3 Å². The Kier molecular flexibility index (Phi) is 6.97. The summed E-state index contributed by atoms with van der Waals surface area (Å²) in [5.41, 5.74) is 5.48. The van der Waals surface area contributed by atoms with E-state index in [0.29, 0.717) is 23.6 Å². The number of carbonyl (C=O) groups is 1. The third-order valence-corrected chi connectivity index (χ3v) is 4.69.